The summed E-state index contributed by atoms with van der Waals surface area (Å²) >= 11 is 1.95. The molecule has 102 valence electrons. The number of amidine groups is 1. The van der Waals surface area contributed by atoms with Gasteiger partial charge in [0.15, 0.2) is 5.17 Å². The van der Waals surface area contributed by atoms with Crippen molar-refractivity contribution in [2.75, 3.05) is 25.5 Å². The first-order valence-electron chi connectivity index (χ1n) is 7.38. The van der Waals surface area contributed by atoms with E-state index in [1.54, 1.807) is 0 Å². The first-order chi connectivity index (χ1) is 8.86. The fourth-order valence-electron chi connectivity index (χ4n) is 3.27. The monoisotopic (exact) mass is 268 g/mol. The average molecular weight is 268 g/mol. The summed E-state index contributed by atoms with van der Waals surface area (Å²) < 4.78 is 5.51. The topological polar surface area (TPSA) is 33.6 Å². The molecule has 1 spiro atoms. The molecule has 1 saturated heterocycles. The number of nitrogens with one attached hydrogen (secondary N) is 1. The van der Waals surface area contributed by atoms with Crippen LogP contribution in [0.15, 0.2) is 4.99 Å². The van der Waals surface area contributed by atoms with Crippen LogP contribution in [0.2, 0.25) is 0 Å². The molecular formula is C14H24N2OS. The Labute approximate surface area is 114 Å². The fourth-order valence-corrected chi connectivity index (χ4v) is 4.50. The Morgan fingerprint density at radius 1 is 1.22 bits per heavy atom. The van der Waals surface area contributed by atoms with Crippen molar-refractivity contribution in [1.82, 2.24) is 5.32 Å². The largest absolute Gasteiger partial charge is 0.379 e. The zero-order valence-electron chi connectivity index (χ0n) is 11.1. The highest BCUT2D eigenvalue weighted by atomic mass is 32.2. The zero-order chi connectivity index (χ0) is 12.3. The first-order valence-corrected chi connectivity index (χ1v) is 8.36. The Kier molecular flexibility index (Phi) is 4.14. The Bertz CT molecular complexity index is 307. The Morgan fingerprint density at radius 3 is 2.78 bits per heavy atom. The molecule has 4 heteroatoms. The van der Waals surface area contributed by atoms with Gasteiger partial charge in [0.1, 0.15) is 0 Å². The first kappa shape index (κ1) is 12.8. The van der Waals surface area contributed by atoms with Crippen molar-refractivity contribution >= 4 is 16.9 Å². The summed E-state index contributed by atoms with van der Waals surface area (Å²) in [5, 5.41) is 4.74. The van der Waals surface area contributed by atoms with Gasteiger partial charge in [-0.05, 0) is 31.1 Å². The smallest absolute Gasteiger partial charge is 0.156 e. The van der Waals surface area contributed by atoms with Gasteiger partial charge in [0.25, 0.3) is 0 Å². The van der Waals surface area contributed by atoms with E-state index < -0.39 is 0 Å². The molecule has 1 unspecified atom stereocenters. The second-order valence-corrected chi connectivity index (χ2v) is 6.99. The Hall–Kier alpha value is -0.220. The second-order valence-electron chi connectivity index (χ2n) is 6.03. The van der Waals surface area contributed by atoms with Crippen LogP contribution >= 0.6 is 11.8 Å². The summed E-state index contributed by atoms with van der Waals surface area (Å²) in [5.41, 5.74) is 0.539. The van der Waals surface area contributed by atoms with Crippen molar-refractivity contribution < 1.29 is 4.74 Å². The Morgan fingerprint density at radius 2 is 2.11 bits per heavy atom. The number of rotatable bonds is 1. The minimum Gasteiger partial charge on any atom is -0.379 e. The van der Waals surface area contributed by atoms with Crippen molar-refractivity contribution in [3.63, 3.8) is 0 Å². The molecular weight excluding hydrogens is 244 g/mol. The molecule has 3 nitrogen and oxygen atoms in total. The minimum absolute atomic E-state index is 0.491. The standard InChI is InChI=1S/C14H24N2OS/c1-2-6-14(7-3-1)10-15-13(18-11-14)16-12-5-4-8-17-9-12/h12H,1-11H2,(H,15,16). The lowest BCUT2D eigenvalue weighted by molar-refractivity contribution is 0.0766. The molecule has 0 amide bonds. The van der Waals surface area contributed by atoms with E-state index in [1.165, 1.54) is 55.9 Å². The summed E-state index contributed by atoms with van der Waals surface area (Å²) in [5.74, 6) is 1.27. The maximum atomic E-state index is 5.51. The zero-order valence-corrected chi connectivity index (χ0v) is 11.9. The highest BCUT2D eigenvalue weighted by Crippen LogP contribution is 2.41. The summed E-state index contributed by atoms with van der Waals surface area (Å²) in [7, 11) is 0. The highest BCUT2D eigenvalue weighted by molar-refractivity contribution is 8.13. The van der Waals surface area contributed by atoms with E-state index >= 15 is 0 Å². The molecule has 0 aromatic heterocycles. The van der Waals surface area contributed by atoms with Crippen molar-refractivity contribution in [1.29, 1.82) is 0 Å². The summed E-state index contributed by atoms with van der Waals surface area (Å²) in [6, 6.07) is 0.491. The molecule has 3 rings (SSSR count). The summed E-state index contributed by atoms with van der Waals surface area (Å²) in [6.07, 6.45) is 9.45. The molecule has 1 aliphatic carbocycles. The molecule has 1 atom stereocenters. The van der Waals surface area contributed by atoms with Crippen LogP contribution in [0.25, 0.3) is 0 Å². The molecule has 0 bridgehead atoms. The van der Waals surface area contributed by atoms with E-state index in [9.17, 15) is 0 Å². The third kappa shape index (κ3) is 3.02. The van der Waals surface area contributed by atoms with Crippen LogP contribution in [0, 0.1) is 5.41 Å². The molecule has 1 N–H and O–H groups in total. The van der Waals surface area contributed by atoms with Gasteiger partial charge in [-0.15, -0.1) is 0 Å². The van der Waals surface area contributed by atoms with Crippen molar-refractivity contribution in [3.8, 4) is 0 Å². The van der Waals surface area contributed by atoms with E-state index in [0.29, 0.717) is 11.5 Å². The second kappa shape index (κ2) is 5.83. The lowest BCUT2D eigenvalue weighted by Crippen LogP contribution is -2.43. The number of hydrogen-bond donors (Lipinski definition) is 1. The molecule has 0 aromatic carbocycles. The van der Waals surface area contributed by atoms with Crippen LogP contribution in [0.5, 0.6) is 0 Å². The summed E-state index contributed by atoms with van der Waals surface area (Å²) in [4.78, 5) is 4.81. The third-order valence-electron chi connectivity index (χ3n) is 4.48. The molecule has 2 aliphatic heterocycles. The van der Waals surface area contributed by atoms with Gasteiger partial charge in [-0.3, -0.25) is 4.99 Å². The van der Waals surface area contributed by atoms with Crippen LogP contribution in [-0.4, -0.2) is 36.7 Å². The molecule has 2 fully saturated rings. The van der Waals surface area contributed by atoms with Gasteiger partial charge in [0, 0.05) is 18.9 Å². The van der Waals surface area contributed by atoms with E-state index in [1.807, 2.05) is 11.8 Å². The van der Waals surface area contributed by atoms with Gasteiger partial charge in [0.2, 0.25) is 0 Å². The van der Waals surface area contributed by atoms with Crippen molar-refractivity contribution in [2.45, 2.75) is 51.0 Å². The van der Waals surface area contributed by atoms with Gasteiger partial charge in [0.05, 0.1) is 12.6 Å². The predicted octanol–water partition coefficient (Wildman–Crippen LogP) is 2.81. The maximum absolute atomic E-state index is 5.51. The predicted molar refractivity (Wildman–Crippen MR) is 77.3 cm³/mol. The Balaban J connectivity index is 1.52. The minimum atomic E-state index is 0.491. The van der Waals surface area contributed by atoms with Crippen LogP contribution < -0.4 is 5.32 Å². The van der Waals surface area contributed by atoms with E-state index in [4.69, 9.17) is 9.73 Å². The van der Waals surface area contributed by atoms with E-state index in [2.05, 4.69) is 5.32 Å². The molecule has 0 aromatic rings. The molecule has 0 radical (unpaired) electrons. The molecule has 18 heavy (non-hydrogen) atoms. The van der Waals surface area contributed by atoms with Gasteiger partial charge in [-0.1, -0.05) is 31.0 Å². The third-order valence-corrected chi connectivity index (χ3v) is 5.75. The van der Waals surface area contributed by atoms with Gasteiger partial charge in [-0.25, -0.2) is 0 Å². The number of thioether (sulfide) groups is 1. The van der Waals surface area contributed by atoms with Gasteiger partial charge >= 0.3 is 0 Å². The number of nitrogens with zero attached hydrogens (tertiary/aromatic N) is 1. The fraction of sp³-hybridized carbons (Fsp3) is 0.929. The van der Waals surface area contributed by atoms with E-state index in [-0.39, 0.29) is 0 Å². The van der Waals surface area contributed by atoms with E-state index in [0.717, 1.165) is 19.8 Å². The van der Waals surface area contributed by atoms with Crippen LogP contribution in [0.1, 0.15) is 44.9 Å². The number of ether oxygens (including phenoxy) is 1. The summed E-state index contributed by atoms with van der Waals surface area (Å²) in [6.45, 7) is 2.83. The SMILES string of the molecule is C1CCC2(CC1)CN=C(NC1CCCOC1)SC2. The van der Waals surface area contributed by atoms with Gasteiger partial charge < -0.3 is 10.1 Å². The average Bonchev–Trinajstić information content (AvgIpc) is 2.44. The van der Waals surface area contributed by atoms with Crippen LogP contribution in [-0.2, 0) is 4.74 Å². The maximum Gasteiger partial charge on any atom is 0.156 e. The van der Waals surface area contributed by atoms with Crippen LogP contribution in [0.4, 0.5) is 0 Å². The van der Waals surface area contributed by atoms with Crippen molar-refractivity contribution in [2.24, 2.45) is 10.4 Å². The molecule has 3 aliphatic rings. The normalized spacial score (nSPS) is 32.0. The lowest BCUT2D eigenvalue weighted by Gasteiger charge is -2.39. The molecule has 2 heterocycles. The lowest BCUT2D eigenvalue weighted by atomic mass is 9.75. The highest BCUT2D eigenvalue weighted by Gasteiger charge is 2.35. The quantitative estimate of drug-likeness (QED) is 0.794. The number of aliphatic imine (C=N–C) groups is 1. The number of hydrogen-bond acceptors (Lipinski definition) is 4. The van der Waals surface area contributed by atoms with Gasteiger partial charge in [-0.2, -0.15) is 0 Å². The van der Waals surface area contributed by atoms with Crippen molar-refractivity contribution in [3.05, 3.63) is 0 Å². The molecule has 1 saturated carbocycles. The van der Waals surface area contributed by atoms with Crippen LogP contribution in [0.3, 0.4) is 0 Å².